The third-order valence-corrected chi connectivity index (χ3v) is 5.06. The molecule has 5 rings (SSSR count). The topological polar surface area (TPSA) is 53.6 Å². The molecule has 2 aromatic heterocycles. The number of aromatic amines is 1. The Morgan fingerprint density at radius 1 is 0.885 bits per heavy atom. The number of benzene rings is 3. The molecule has 2 heterocycles. The number of halogens is 1. The van der Waals surface area contributed by atoms with Crippen LogP contribution >= 0.6 is 11.3 Å². The number of anilines is 2. The van der Waals surface area contributed by atoms with E-state index >= 15 is 0 Å². The number of hydrogen-bond donors (Lipinski definition) is 2. The molecule has 4 nitrogen and oxygen atoms in total. The molecule has 0 radical (unpaired) electrons. The molecule has 0 fully saturated rings. The van der Waals surface area contributed by atoms with E-state index < -0.39 is 0 Å². The van der Waals surface area contributed by atoms with Gasteiger partial charge in [0.15, 0.2) is 5.13 Å². The average molecular weight is 360 g/mol. The molecular formula is C20H13FN4S. The highest BCUT2D eigenvalue weighted by Crippen LogP contribution is 2.30. The van der Waals surface area contributed by atoms with E-state index in [1.807, 2.05) is 48.5 Å². The highest BCUT2D eigenvalue weighted by Gasteiger charge is 2.08. The lowest BCUT2D eigenvalue weighted by Gasteiger charge is -2.04. The van der Waals surface area contributed by atoms with Crippen LogP contribution in [0.1, 0.15) is 0 Å². The van der Waals surface area contributed by atoms with E-state index in [9.17, 15) is 4.39 Å². The minimum atomic E-state index is -0.250. The van der Waals surface area contributed by atoms with Crippen LogP contribution in [0.4, 0.5) is 15.2 Å². The zero-order valence-electron chi connectivity index (χ0n) is 13.5. The highest BCUT2D eigenvalue weighted by molar-refractivity contribution is 7.22. The van der Waals surface area contributed by atoms with Crippen LogP contribution < -0.4 is 5.32 Å². The Morgan fingerprint density at radius 3 is 2.73 bits per heavy atom. The van der Waals surface area contributed by atoms with Crippen molar-refractivity contribution in [3.63, 3.8) is 0 Å². The summed E-state index contributed by atoms with van der Waals surface area (Å²) in [4.78, 5) is 12.5. The molecule has 0 bridgehead atoms. The molecule has 3 aromatic carbocycles. The summed E-state index contributed by atoms with van der Waals surface area (Å²) in [7, 11) is 0. The SMILES string of the molecule is Fc1ccc2nc(Nc3cccc(-c4nc5ccccc5[nH]4)c3)sc2c1. The van der Waals surface area contributed by atoms with E-state index in [1.54, 1.807) is 6.07 Å². The van der Waals surface area contributed by atoms with Crippen LogP contribution in [-0.2, 0) is 0 Å². The second-order valence-corrected chi connectivity index (χ2v) is 6.97. The van der Waals surface area contributed by atoms with Crippen molar-refractivity contribution in [2.45, 2.75) is 0 Å². The molecule has 6 heteroatoms. The quantitative estimate of drug-likeness (QED) is 0.432. The molecule has 26 heavy (non-hydrogen) atoms. The number of nitrogens with one attached hydrogen (secondary N) is 2. The molecule has 0 aliphatic rings. The summed E-state index contributed by atoms with van der Waals surface area (Å²) in [6.45, 7) is 0. The van der Waals surface area contributed by atoms with Gasteiger partial charge in [-0.05, 0) is 42.5 Å². The molecule has 2 N–H and O–H groups in total. The van der Waals surface area contributed by atoms with Crippen molar-refractivity contribution >= 4 is 43.4 Å². The number of aromatic nitrogens is 3. The fourth-order valence-corrected chi connectivity index (χ4v) is 3.82. The van der Waals surface area contributed by atoms with Gasteiger partial charge in [0.25, 0.3) is 0 Å². The minimum absolute atomic E-state index is 0.250. The Bertz CT molecular complexity index is 1210. The summed E-state index contributed by atoms with van der Waals surface area (Å²) in [5, 5.41) is 4.03. The number of thiazole rings is 1. The van der Waals surface area contributed by atoms with Crippen LogP contribution in [0, 0.1) is 5.82 Å². The molecule has 0 atom stereocenters. The van der Waals surface area contributed by atoms with Crippen LogP contribution in [0.3, 0.4) is 0 Å². The first kappa shape index (κ1) is 15.0. The summed E-state index contributed by atoms with van der Waals surface area (Å²) < 4.78 is 14.2. The van der Waals surface area contributed by atoms with E-state index in [0.29, 0.717) is 0 Å². The number of H-pyrrole nitrogens is 1. The number of nitrogens with zero attached hydrogens (tertiary/aromatic N) is 2. The number of hydrogen-bond acceptors (Lipinski definition) is 4. The first-order chi connectivity index (χ1) is 12.7. The first-order valence-electron chi connectivity index (χ1n) is 8.13. The van der Waals surface area contributed by atoms with Crippen LogP contribution in [0.15, 0.2) is 66.7 Å². The molecule has 0 saturated heterocycles. The van der Waals surface area contributed by atoms with Crippen LogP contribution in [-0.4, -0.2) is 15.0 Å². The van der Waals surface area contributed by atoms with Crippen molar-refractivity contribution in [2.24, 2.45) is 0 Å². The fraction of sp³-hybridized carbons (Fsp3) is 0. The zero-order chi connectivity index (χ0) is 17.5. The van der Waals surface area contributed by atoms with Gasteiger partial charge in [0.1, 0.15) is 11.6 Å². The van der Waals surface area contributed by atoms with Gasteiger partial charge in [-0.3, -0.25) is 0 Å². The smallest absolute Gasteiger partial charge is 0.188 e. The van der Waals surface area contributed by atoms with Gasteiger partial charge in [-0.15, -0.1) is 0 Å². The Hall–Kier alpha value is -3.25. The van der Waals surface area contributed by atoms with Gasteiger partial charge in [0, 0.05) is 11.3 Å². The van der Waals surface area contributed by atoms with E-state index in [0.717, 1.165) is 43.5 Å². The van der Waals surface area contributed by atoms with E-state index in [-0.39, 0.29) is 5.82 Å². The molecule has 0 aliphatic heterocycles. The Balaban J connectivity index is 1.48. The number of para-hydroxylation sites is 2. The Kier molecular flexibility index (Phi) is 3.43. The molecule has 126 valence electrons. The van der Waals surface area contributed by atoms with Gasteiger partial charge in [-0.2, -0.15) is 0 Å². The zero-order valence-corrected chi connectivity index (χ0v) is 14.3. The minimum Gasteiger partial charge on any atom is -0.338 e. The summed E-state index contributed by atoms with van der Waals surface area (Å²) in [6, 6.07) is 20.5. The van der Waals surface area contributed by atoms with Crippen molar-refractivity contribution in [3.8, 4) is 11.4 Å². The van der Waals surface area contributed by atoms with Crippen molar-refractivity contribution in [1.29, 1.82) is 0 Å². The number of imidazole rings is 1. The monoisotopic (exact) mass is 360 g/mol. The summed E-state index contributed by atoms with van der Waals surface area (Å²) in [5.41, 5.74) is 4.62. The Labute approximate surface area is 152 Å². The lowest BCUT2D eigenvalue weighted by Crippen LogP contribution is -1.90. The van der Waals surface area contributed by atoms with Gasteiger partial charge in [0.2, 0.25) is 0 Å². The van der Waals surface area contributed by atoms with Gasteiger partial charge in [-0.1, -0.05) is 35.6 Å². The maximum absolute atomic E-state index is 13.3. The average Bonchev–Trinajstić information content (AvgIpc) is 3.25. The van der Waals surface area contributed by atoms with Crippen LogP contribution in [0.25, 0.3) is 32.6 Å². The van der Waals surface area contributed by atoms with Crippen molar-refractivity contribution in [2.75, 3.05) is 5.32 Å². The molecule has 0 aliphatic carbocycles. The van der Waals surface area contributed by atoms with E-state index in [2.05, 4.69) is 20.3 Å². The summed E-state index contributed by atoms with van der Waals surface area (Å²) in [5.74, 6) is 0.570. The second-order valence-electron chi connectivity index (χ2n) is 5.94. The third-order valence-electron chi connectivity index (χ3n) is 4.13. The second kappa shape index (κ2) is 5.93. The number of rotatable bonds is 3. The molecule has 0 amide bonds. The normalized spacial score (nSPS) is 11.3. The molecular weight excluding hydrogens is 347 g/mol. The van der Waals surface area contributed by atoms with E-state index in [1.165, 1.54) is 23.5 Å². The first-order valence-corrected chi connectivity index (χ1v) is 8.94. The highest BCUT2D eigenvalue weighted by atomic mass is 32.1. The van der Waals surface area contributed by atoms with Crippen LogP contribution in [0.5, 0.6) is 0 Å². The lowest BCUT2D eigenvalue weighted by atomic mass is 10.2. The van der Waals surface area contributed by atoms with Gasteiger partial charge in [-0.25, -0.2) is 14.4 Å². The Morgan fingerprint density at radius 2 is 1.81 bits per heavy atom. The molecule has 5 aromatic rings. The van der Waals surface area contributed by atoms with Crippen molar-refractivity contribution in [3.05, 3.63) is 72.5 Å². The maximum Gasteiger partial charge on any atom is 0.188 e. The van der Waals surface area contributed by atoms with Crippen molar-refractivity contribution < 1.29 is 4.39 Å². The van der Waals surface area contributed by atoms with Gasteiger partial charge < -0.3 is 10.3 Å². The predicted molar refractivity (Wildman–Crippen MR) is 104 cm³/mol. The fourth-order valence-electron chi connectivity index (χ4n) is 2.91. The number of fused-ring (bicyclic) bond motifs is 2. The summed E-state index contributed by atoms with van der Waals surface area (Å²) >= 11 is 1.43. The van der Waals surface area contributed by atoms with Crippen LogP contribution in [0.2, 0.25) is 0 Å². The largest absolute Gasteiger partial charge is 0.338 e. The third kappa shape index (κ3) is 2.70. The predicted octanol–water partition coefficient (Wildman–Crippen LogP) is 5.72. The molecule has 0 saturated carbocycles. The van der Waals surface area contributed by atoms with Gasteiger partial charge in [0.05, 0.1) is 21.3 Å². The summed E-state index contributed by atoms with van der Waals surface area (Å²) in [6.07, 6.45) is 0. The molecule has 0 unspecified atom stereocenters. The van der Waals surface area contributed by atoms with Gasteiger partial charge >= 0.3 is 0 Å². The maximum atomic E-state index is 13.3. The standard InChI is InChI=1S/C20H13FN4S/c21-13-8-9-17-18(11-13)26-20(25-17)22-14-5-3-4-12(10-14)19-23-15-6-1-2-7-16(15)24-19/h1-11H,(H,22,25)(H,23,24). The molecule has 0 spiro atoms. The van der Waals surface area contributed by atoms with Crippen molar-refractivity contribution in [1.82, 2.24) is 15.0 Å². The van der Waals surface area contributed by atoms with E-state index in [4.69, 9.17) is 0 Å². The lowest BCUT2D eigenvalue weighted by molar-refractivity contribution is 0.630.